The van der Waals surface area contributed by atoms with Gasteiger partial charge >= 0.3 is 0 Å². The molecule has 2 aliphatic rings. The first-order valence-corrected chi connectivity index (χ1v) is 8.32. The van der Waals surface area contributed by atoms with Crippen LogP contribution in [0.3, 0.4) is 0 Å². The van der Waals surface area contributed by atoms with E-state index in [1.165, 1.54) is 5.57 Å². The van der Waals surface area contributed by atoms with E-state index >= 15 is 0 Å². The van der Waals surface area contributed by atoms with Crippen LogP contribution in [-0.2, 0) is 11.3 Å². The summed E-state index contributed by atoms with van der Waals surface area (Å²) in [4.78, 5) is 11.2. The molecule has 1 aromatic carbocycles. The summed E-state index contributed by atoms with van der Waals surface area (Å²) in [5.41, 5.74) is 13.5. The van der Waals surface area contributed by atoms with Gasteiger partial charge in [0.2, 0.25) is 0 Å². The molecule has 2 unspecified atom stereocenters. The summed E-state index contributed by atoms with van der Waals surface area (Å²) in [5, 5.41) is 4.50. The lowest BCUT2D eigenvalue weighted by Crippen LogP contribution is -2.26. The lowest BCUT2D eigenvalue weighted by atomic mass is 9.74. The number of nitrogens with one attached hydrogen (secondary N) is 1. The van der Waals surface area contributed by atoms with Gasteiger partial charge in [0.25, 0.3) is 0 Å². The summed E-state index contributed by atoms with van der Waals surface area (Å²) in [6, 6.07) is 8.30. The number of benzene rings is 1. The Morgan fingerprint density at radius 3 is 2.74 bits per heavy atom. The molecule has 4 heteroatoms. The molecule has 1 spiro atoms. The van der Waals surface area contributed by atoms with Crippen LogP contribution in [0.2, 0.25) is 0 Å². The third-order valence-corrected chi connectivity index (χ3v) is 5.47. The zero-order valence-corrected chi connectivity index (χ0v) is 13.9. The number of hydrogen-bond acceptors (Lipinski definition) is 4. The molecule has 122 valence electrons. The molecule has 1 aliphatic heterocycles. The van der Waals surface area contributed by atoms with Gasteiger partial charge in [-0.1, -0.05) is 31.2 Å². The number of rotatable bonds is 3. The molecule has 1 aromatic rings. The molecule has 3 rings (SSSR count). The number of carbonyl (C=O) groups is 1. The van der Waals surface area contributed by atoms with Crippen LogP contribution in [0.4, 0.5) is 0 Å². The number of nitrogens with two attached hydrogens (primary N) is 1. The normalized spacial score (nSPS) is 30.4. The van der Waals surface area contributed by atoms with Crippen LogP contribution in [0.15, 0.2) is 34.9 Å². The molecule has 1 saturated carbocycles. The van der Waals surface area contributed by atoms with Crippen LogP contribution in [0.1, 0.15) is 44.2 Å². The summed E-state index contributed by atoms with van der Waals surface area (Å²) in [6.45, 7) is 4.96. The molecular formula is C19H25N3O. The monoisotopic (exact) mass is 311 g/mol. The lowest BCUT2D eigenvalue weighted by molar-refractivity contribution is -0.111. The summed E-state index contributed by atoms with van der Waals surface area (Å²) < 4.78 is 0. The Morgan fingerprint density at radius 2 is 2.13 bits per heavy atom. The second-order valence-corrected chi connectivity index (χ2v) is 7.07. The minimum absolute atomic E-state index is 0.00160. The van der Waals surface area contributed by atoms with E-state index in [1.807, 2.05) is 6.21 Å². The topological polar surface area (TPSA) is 67.5 Å². The van der Waals surface area contributed by atoms with Crippen molar-refractivity contribution >= 4 is 18.2 Å². The molecule has 0 radical (unpaired) electrons. The molecule has 0 saturated heterocycles. The summed E-state index contributed by atoms with van der Waals surface area (Å²) in [6.07, 6.45) is 5.97. The highest BCUT2D eigenvalue weighted by atomic mass is 16.1. The van der Waals surface area contributed by atoms with Crippen LogP contribution >= 0.6 is 0 Å². The van der Waals surface area contributed by atoms with Gasteiger partial charge in [-0.25, -0.2) is 0 Å². The maximum Gasteiger partial charge on any atom is 0.123 e. The zero-order chi connectivity index (χ0) is 16.4. The van der Waals surface area contributed by atoms with Crippen LogP contribution < -0.4 is 11.2 Å². The Labute approximate surface area is 137 Å². The fourth-order valence-corrected chi connectivity index (χ4v) is 4.06. The van der Waals surface area contributed by atoms with E-state index in [0.29, 0.717) is 12.5 Å². The molecule has 1 fully saturated rings. The van der Waals surface area contributed by atoms with Crippen molar-refractivity contribution in [3.63, 3.8) is 0 Å². The van der Waals surface area contributed by atoms with Gasteiger partial charge in [0.15, 0.2) is 0 Å². The molecule has 1 aliphatic carbocycles. The van der Waals surface area contributed by atoms with Crippen LogP contribution in [0.5, 0.6) is 0 Å². The quantitative estimate of drug-likeness (QED) is 0.843. The summed E-state index contributed by atoms with van der Waals surface area (Å²) in [5.74, 6) is 0.631. The summed E-state index contributed by atoms with van der Waals surface area (Å²) >= 11 is 0. The van der Waals surface area contributed by atoms with E-state index in [4.69, 9.17) is 5.73 Å². The van der Waals surface area contributed by atoms with E-state index in [0.717, 1.165) is 42.4 Å². The van der Waals surface area contributed by atoms with Gasteiger partial charge in [0, 0.05) is 24.1 Å². The van der Waals surface area contributed by atoms with E-state index in [9.17, 15) is 4.79 Å². The van der Waals surface area contributed by atoms with Crippen LogP contribution in [-0.4, -0.2) is 12.5 Å². The maximum atomic E-state index is 11.2. The first kappa shape index (κ1) is 15.9. The molecule has 3 N–H and O–H groups in total. The largest absolute Gasteiger partial charge is 0.326 e. The van der Waals surface area contributed by atoms with Crippen molar-refractivity contribution in [2.45, 2.75) is 39.7 Å². The Hall–Kier alpha value is -1.94. The molecule has 23 heavy (non-hydrogen) atoms. The second kappa shape index (κ2) is 6.28. The molecular weight excluding hydrogens is 286 g/mol. The third-order valence-electron chi connectivity index (χ3n) is 5.47. The maximum absolute atomic E-state index is 11.2. The van der Waals surface area contributed by atoms with E-state index in [2.05, 4.69) is 48.6 Å². The van der Waals surface area contributed by atoms with Gasteiger partial charge in [-0.2, -0.15) is 5.10 Å². The average molecular weight is 311 g/mol. The smallest absolute Gasteiger partial charge is 0.123 e. The first-order valence-electron chi connectivity index (χ1n) is 8.32. The number of hydrogen-bond donors (Lipinski definition) is 2. The SMILES string of the molecule is CC1=C(c2ccc(CN)cc2)NN=CC2(C1)CC(C=O)C[C@H]2C. The standard InChI is InChI=1S/C19H25N3O/c1-13-8-19(9-16(11-23)7-14(19)2)12-21-22-18(13)17-5-3-15(10-20)4-6-17/h3-6,11-12,14,16,22H,7-10,20H2,1-2H3/t14-,16?,19?/m1/s1. The molecule has 0 amide bonds. The Kier molecular flexibility index (Phi) is 4.35. The van der Waals surface area contributed by atoms with Crippen molar-refractivity contribution in [3.05, 3.63) is 41.0 Å². The zero-order valence-electron chi connectivity index (χ0n) is 13.9. The Morgan fingerprint density at radius 1 is 1.39 bits per heavy atom. The van der Waals surface area contributed by atoms with E-state index in [1.54, 1.807) is 0 Å². The highest BCUT2D eigenvalue weighted by molar-refractivity contribution is 5.75. The van der Waals surface area contributed by atoms with Crippen molar-refractivity contribution in [2.24, 2.45) is 28.1 Å². The molecule has 0 bridgehead atoms. The Bertz CT molecular complexity index is 647. The number of hydrazone groups is 1. The van der Waals surface area contributed by atoms with Gasteiger partial charge in [-0.05, 0) is 48.8 Å². The van der Waals surface area contributed by atoms with Gasteiger partial charge in [-0.15, -0.1) is 0 Å². The average Bonchev–Trinajstić information content (AvgIpc) is 2.76. The molecule has 4 nitrogen and oxygen atoms in total. The van der Waals surface area contributed by atoms with Crippen LogP contribution in [0, 0.1) is 17.3 Å². The van der Waals surface area contributed by atoms with Gasteiger partial charge in [-0.3, -0.25) is 5.43 Å². The number of nitrogens with zero attached hydrogens (tertiary/aromatic N) is 1. The van der Waals surface area contributed by atoms with Gasteiger partial charge in [0.1, 0.15) is 6.29 Å². The predicted molar refractivity (Wildman–Crippen MR) is 93.6 cm³/mol. The third kappa shape index (κ3) is 2.95. The minimum Gasteiger partial charge on any atom is -0.326 e. The van der Waals surface area contributed by atoms with Crippen molar-refractivity contribution in [1.82, 2.24) is 5.43 Å². The predicted octanol–water partition coefficient (Wildman–Crippen LogP) is 3.09. The second-order valence-electron chi connectivity index (χ2n) is 7.07. The van der Waals surface area contributed by atoms with Crippen molar-refractivity contribution in [3.8, 4) is 0 Å². The molecule has 0 aromatic heterocycles. The number of allylic oxidation sites excluding steroid dienone is 1. The lowest BCUT2D eigenvalue weighted by Gasteiger charge is -2.29. The minimum atomic E-state index is 0.00160. The highest BCUT2D eigenvalue weighted by Gasteiger charge is 2.44. The van der Waals surface area contributed by atoms with Crippen molar-refractivity contribution < 1.29 is 4.79 Å². The number of aldehydes is 1. The first-order chi connectivity index (χ1) is 11.1. The van der Waals surface area contributed by atoms with E-state index in [-0.39, 0.29) is 11.3 Å². The fraction of sp³-hybridized carbons (Fsp3) is 0.474. The van der Waals surface area contributed by atoms with Crippen molar-refractivity contribution in [1.29, 1.82) is 0 Å². The number of carbonyl (C=O) groups excluding carboxylic acids is 1. The van der Waals surface area contributed by atoms with Gasteiger partial charge in [0.05, 0.1) is 5.70 Å². The molecule has 1 heterocycles. The van der Waals surface area contributed by atoms with E-state index < -0.39 is 0 Å². The Balaban J connectivity index is 1.91. The van der Waals surface area contributed by atoms with Gasteiger partial charge < -0.3 is 10.5 Å². The fourth-order valence-electron chi connectivity index (χ4n) is 4.06. The van der Waals surface area contributed by atoms with Crippen LogP contribution in [0.25, 0.3) is 5.70 Å². The van der Waals surface area contributed by atoms with Crippen molar-refractivity contribution in [2.75, 3.05) is 0 Å². The molecule has 3 atom stereocenters. The summed E-state index contributed by atoms with van der Waals surface area (Å²) in [7, 11) is 0. The highest BCUT2D eigenvalue weighted by Crippen LogP contribution is 2.49.